The van der Waals surface area contributed by atoms with Gasteiger partial charge in [0.05, 0.1) is 5.69 Å². The van der Waals surface area contributed by atoms with Crippen molar-refractivity contribution in [2.24, 2.45) is 5.92 Å². The van der Waals surface area contributed by atoms with E-state index in [-0.39, 0.29) is 11.5 Å². The molecule has 0 saturated carbocycles. The van der Waals surface area contributed by atoms with Gasteiger partial charge in [-0.1, -0.05) is 44.2 Å². The van der Waals surface area contributed by atoms with Crippen LogP contribution in [0.3, 0.4) is 0 Å². The molecule has 1 heterocycles. The molecule has 128 valence electrons. The number of benzene rings is 2. The van der Waals surface area contributed by atoms with Crippen LogP contribution in [0.2, 0.25) is 0 Å². The zero-order chi connectivity index (χ0) is 17.8. The molecule has 3 aromatic rings. The van der Waals surface area contributed by atoms with Crippen molar-refractivity contribution < 1.29 is 9.18 Å². The van der Waals surface area contributed by atoms with Crippen LogP contribution in [0.15, 0.2) is 53.9 Å². The van der Waals surface area contributed by atoms with Gasteiger partial charge in [0.2, 0.25) is 0 Å². The van der Waals surface area contributed by atoms with Crippen LogP contribution in [0.5, 0.6) is 0 Å². The van der Waals surface area contributed by atoms with Crippen molar-refractivity contribution in [1.29, 1.82) is 0 Å². The third-order valence-corrected chi connectivity index (χ3v) is 4.46. The summed E-state index contributed by atoms with van der Waals surface area (Å²) in [4.78, 5) is 16.6. The first-order valence-corrected chi connectivity index (χ1v) is 9.01. The summed E-state index contributed by atoms with van der Waals surface area (Å²) < 4.78 is 13.2. The number of nitrogens with one attached hydrogen (secondary N) is 1. The molecular formula is C20H19FN2OS. The summed E-state index contributed by atoms with van der Waals surface area (Å²) in [5.41, 5.74) is 3.40. The molecule has 3 nitrogen and oxygen atoms in total. The first kappa shape index (κ1) is 17.3. The lowest BCUT2D eigenvalue weighted by Crippen LogP contribution is -2.11. The summed E-state index contributed by atoms with van der Waals surface area (Å²) in [6.07, 6.45) is 1.05. The minimum Gasteiger partial charge on any atom is -0.298 e. The molecule has 0 atom stereocenters. The van der Waals surface area contributed by atoms with Crippen LogP contribution in [0, 0.1) is 11.7 Å². The molecule has 0 spiro atoms. The third kappa shape index (κ3) is 4.51. The summed E-state index contributed by atoms with van der Waals surface area (Å²) in [6.45, 7) is 4.39. The third-order valence-electron chi connectivity index (χ3n) is 3.71. The Labute approximate surface area is 150 Å². The molecule has 0 unspecified atom stereocenters. The molecule has 3 rings (SSSR count). The minimum absolute atomic E-state index is 0.273. The Bertz CT molecular complexity index is 871. The number of rotatable bonds is 5. The van der Waals surface area contributed by atoms with Gasteiger partial charge in [0.25, 0.3) is 5.91 Å². The van der Waals surface area contributed by atoms with Crippen LogP contribution in [-0.4, -0.2) is 10.9 Å². The second-order valence-corrected chi connectivity index (χ2v) is 7.16. The van der Waals surface area contributed by atoms with Crippen molar-refractivity contribution >= 4 is 22.4 Å². The van der Waals surface area contributed by atoms with Crippen LogP contribution in [0.25, 0.3) is 11.3 Å². The van der Waals surface area contributed by atoms with Crippen LogP contribution < -0.4 is 5.32 Å². The lowest BCUT2D eigenvalue weighted by atomic mass is 10.0. The van der Waals surface area contributed by atoms with E-state index in [9.17, 15) is 9.18 Å². The summed E-state index contributed by atoms with van der Waals surface area (Å²) in [6, 6.07) is 13.9. The zero-order valence-electron chi connectivity index (χ0n) is 14.1. The average molecular weight is 354 g/mol. The van der Waals surface area contributed by atoms with Crippen LogP contribution in [-0.2, 0) is 6.42 Å². The molecule has 0 fully saturated rings. The molecule has 1 N–H and O–H groups in total. The molecule has 2 aromatic carbocycles. The van der Waals surface area contributed by atoms with E-state index in [0.717, 1.165) is 17.7 Å². The van der Waals surface area contributed by atoms with E-state index < -0.39 is 5.82 Å². The first-order chi connectivity index (χ1) is 12.0. The van der Waals surface area contributed by atoms with Crippen molar-refractivity contribution in [2.45, 2.75) is 20.3 Å². The fraction of sp³-hybridized carbons (Fsp3) is 0.200. The number of nitrogens with zero attached hydrogens (tertiary/aromatic N) is 1. The molecule has 5 heteroatoms. The maximum Gasteiger partial charge on any atom is 0.257 e. The van der Waals surface area contributed by atoms with Gasteiger partial charge in [-0.15, -0.1) is 11.3 Å². The summed E-state index contributed by atoms with van der Waals surface area (Å²) >= 11 is 1.35. The molecule has 0 aliphatic rings. The largest absolute Gasteiger partial charge is 0.298 e. The Morgan fingerprint density at radius 2 is 1.96 bits per heavy atom. The molecular weight excluding hydrogens is 335 g/mol. The van der Waals surface area contributed by atoms with Crippen LogP contribution >= 0.6 is 11.3 Å². The number of halogens is 1. The number of amides is 1. The SMILES string of the molecule is CC(C)Cc1ccc(-c2csc(NC(=O)c3cccc(F)c3)n2)cc1. The number of anilines is 1. The Balaban J connectivity index is 1.71. The Hall–Kier alpha value is -2.53. The van der Waals surface area contributed by atoms with E-state index in [1.165, 1.54) is 35.1 Å². The van der Waals surface area contributed by atoms with Crippen molar-refractivity contribution in [3.8, 4) is 11.3 Å². The fourth-order valence-electron chi connectivity index (χ4n) is 2.55. The standard InChI is InChI=1S/C20H19FN2OS/c1-13(2)10-14-6-8-15(9-7-14)18-12-25-20(22-18)23-19(24)16-4-3-5-17(21)11-16/h3-9,11-13H,10H2,1-2H3,(H,22,23,24). The fourth-order valence-corrected chi connectivity index (χ4v) is 3.26. The predicted molar refractivity (Wildman–Crippen MR) is 100 cm³/mol. The van der Waals surface area contributed by atoms with E-state index in [1.807, 2.05) is 17.5 Å². The van der Waals surface area contributed by atoms with Gasteiger partial charge in [0.15, 0.2) is 5.13 Å². The van der Waals surface area contributed by atoms with Gasteiger partial charge >= 0.3 is 0 Å². The Morgan fingerprint density at radius 1 is 1.20 bits per heavy atom. The number of aromatic nitrogens is 1. The molecule has 0 radical (unpaired) electrons. The highest BCUT2D eigenvalue weighted by Crippen LogP contribution is 2.26. The van der Waals surface area contributed by atoms with Gasteiger partial charge in [0.1, 0.15) is 5.82 Å². The average Bonchev–Trinajstić information content (AvgIpc) is 3.03. The van der Waals surface area contributed by atoms with Crippen molar-refractivity contribution in [2.75, 3.05) is 5.32 Å². The summed E-state index contributed by atoms with van der Waals surface area (Å²) in [7, 11) is 0. The highest BCUT2D eigenvalue weighted by atomic mass is 32.1. The number of carbonyl (C=O) groups is 1. The van der Waals surface area contributed by atoms with Gasteiger partial charge in [-0.3, -0.25) is 10.1 Å². The highest BCUT2D eigenvalue weighted by molar-refractivity contribution is 7.14. The van der Waals surface area contributed by atoms with Gasteiger partial charge in [-0.05, 0) is 36.1 Å². The Kier molecular flexibility index (Phi) is 5.24. The van der Waals surface area contributed by atoms with Crippen molar-refractivity contribution in [3.05, 3.63) is 70.9 Å². The van der Waals surface area contributed by atoms with E-state index in [4.69, 9.17) is 0 Å². The molecule has 0 bridgehead atoms. The first-order valence-electron chi connectivity index (χ1n) is 8.13. The molecule has 25 heavy (non-hydrogen) atoms. The van der Waals surface area contributed by atoms with Crippen molar-refractivity contribution in [1.82, 2.24) is 4.98 Å². The second kappa shape index (κ2) is 7.57. The lowest BCUT2D eigenvalue weighted by Gasteiger charge is -2.05. The number of hydrogen-bond donors (Lipinski definition) is 1. The molecule has 0 saturated heterocycles. The number of carbonyl (C=O) groups excluding carboxylic acids is 1. The van der Waals surface area contributed by atoms with E-state index in [1.54, 1.807) is 6.07 Å². The molecule has 0 aliphatic heterocycles. The maximum atomic E-state index is 13.2. The summed E-state index contributed by atoms with van der Waals surface area (Å²) in [5, 5.41) is 5.11. The van der Waals surface area contributed by atoms with Gasteiger partial charge in [0, 0.05) is 16.5 Å². The summed E-state index contributed by atoms with van der Waals surface area (Å²) in [5.74, 6) is -0.184. The molecule has 1 aromatic heterocycles. The molecule has 1 amide bonds. The number of hydrogen-bond acceptors (Lipinski definition) is 3. The van der Waals surface area contributed by atoms with Gasteiger partial charge < -0.3 is 0 Å². The van der Waals surface area contributed by atoms with Gasteiger partial charge in [-0.2, -0.15) is 0 Å². The van der Waals surface area contributed by atoms with E-state index >= 15 is 0 Å². The van der Waals surface area contributed by atoms with E-state index in [2.05, 4.69) is 36.3 Å². The number of thiazole rings is 1. The highest BCUT2D eigenvalue weighted by Gasteiger charge is 2.11. The zero-order valence-corrected chi connectivity index (χ0v) is 14.9. The van der Waals surface area contributed by atoms with Crippen LogP contribution in [0.1, 0.15) is 29.8 Å². The van der Waals surface area contributed by atoms with Crippen LogP contribution in [0.4, 0.5) is 9.52 Å². The predicted octanol–water partition coefficient (Wildman–Crippen LogP) is 5.40. The second-order valence-electron chi connectivity index (χ2n) is 6.30. The smallest absolute Gasteiger partial charge is 0.257 e. The molecule has 0 aliphatic carbocycles. The lowest BCUT2D eigenvalue weighted by molar-refractivity contribution is 0.102. The topological polar surface area (TPSA) is 42.0 Å². The van der Waals surface area contributed by atoms with E-state index in [0.29, 0.717) is 11.0 Å². The van der Waals surface area contributed by atoms with Crippen molar-refractivity contribution in [3.63, 3.8) is 0 Å². The quantitative estimate of drug-likeness (QED) is 0.666. The normalized spacial score (nSPS) is 10.9. The van der Waals surface area contributed by atoms with Gasteiger partial charge in [-0.25, -0.2) is 9.37 Å². The Morgan fingerprint density at radius 3 is 2.64 bits per heavy atom. The minimum atomic E-state index is -0.436. The maximum absolute atomic E-state index is 13.2. The monoisotopic (exact) mass is 354 g/mol.